The van der Waals surface area contributed by atoms with Crippen molar-refractivity contribution in [2.24, 2.45) is 5.92 Å². The first-order valence-corrected chi connectivity index (χ1v) is 3.77. The summed E-state index contributed by atoms with van der Waals surface area (Å²) < 4.78 is 4.68. The molecule has 0 amide bonds. The summed E-state index contributed by atoms with van der Waals surface area (Å²) >= 11 is 0. The van der Waals surface area contributed by atoms with Crippen LogP contribution in [0.4, 0.5) is 0 Å². The van der Waals surface area contributed by atoms with Crippen molar-refractivity contribution < 1.29 is 19.1 Å². The highest BCUT2D eigenvalue weighted by atomic mass is 16.4. The number of hydrogen-bond acceptors (Lipinski definition) is 4. The minimum absolute atomic E-state index is 0.00218. The molecule has 1 aromatic heterocycles. The lowest BCUT2D eigenvalue weighted by Crippen LogP contribution is -2.17. The van der Waals surface area contributed by atoms with E-state index >= 15 is 0 Å². The van der Waals surface area contributed by atoms with Crippen LogP contribution in [-0.4, -0.2) is 22.3 Å². The molecule has 5 heteroatoms. The molecular formula is C8H9NO4. The highest BCUT2D eigenvalue weighted by molar-refractivity contribution is 5.73. The molecule has 0 aliphatic rings. The van der Waals surface area contributed by atoms with Gasteiger partial charge in [-0.2, -0.15) is 0 Å². The van der Waals surface area contributed by atoms with Crippen LogP contribution in [0.25, 0.3) is 0 Å². The molecule has 1 rings (SSSR count). The molecule has 70 valence electrons. The van der Waals surface area contributed by atoms with E-state index in [0.717, 1.165) is 0 Å². The van der Waals surface area contributed by atoms with Gasteiger partial charge in [0.05, 0.1) is 11.6 Å². The van der Waals surface area contributed by atoms with Gasteiger partial charge >= 0.3 is 5.97 Å². The van der Waals surface area contributed by atoms with Crippen molar-refractivity contribution >= 4 is 12.3 Å². The molecule has 1 heterocycles. The largest absolute Gasteiger partial charge is 0.481 e. The molecule has 1 aromatic rings. The van der Waals surface area contributed by atoms with E-state index < -0.39 is 11.9 Å². The summed E-state index contributed by atoms with van der Waals surface area (Å²) in [5, 5.41) is 8.69. The van der Waals surface area contributed by atoms with E-state index in [2.05, 4.69) is 9.40 Å². The van der Waals surface area contributed by atoms with Gasteiger partial charge in [-0.3, -0.25) is 4.79 Å². The molecule has 1 atom stereocenters. The third-order valence-corrected chi connectivity index (χ3v) is 1.67. The number of rotatable bonds is 5. The number of aromatic nitrogens is 1. The van der Waals surface area contributed by atoms with E-state index in [9.17, 15) is 9.59 Å². The SMILES string of the molecule is O=CCC(Cc1cocn1)C(=O)O. The van der Waals surface area contributed by atoms with Gasteiger partial charge in [0.2, 0.25) is 0 Å². The fourth-order valence-electron chi connectivity index (χ4n) is 0.978. The average molecular weight is 183 g/mol. The normalized spacial score (nSPS) is 12.3. The van der Waals surface area contributed by atoms with Gasteiger partial charge in [-0.05, 0) is 0 Å². The lowest BCUT2D eigenvalue weighted by Gasteiger charge is -2.04. The summed E-state index contributed by atoms with van der Waals surface area (Å²) in [6.45, 7) is 0. The van der Waals surface area contributed by atoms with Crippen LogP contribution in [0, 0.1) is 5.92 Å². The van der Waals surface area contributed by atoms with E-state index in [1.807, 2.05) is 0 Å². The predicted molar refractivity (Wildman–Crippen MR) is 42.0 cm³/mol. The standard InChI is InChI=1S/C8H9NO4/c10-2-1-6(8(11)12)3-7-4-13-5-9-7/h2,4-6H,1,3H2,(H,11,12). The fourth-order valence-corrected chi connectivity index (χ4v) is 0.978. The van der Waals surface area contributed by atoms with Crippen LogP contribution in [0.5, 0.6) is 0 Å². The van der Waals surface area contributed by atoms with Gasteiger partial charge in [-0.15, -0.1) is 0 Å². The highest BCUT2D eigenvalue weighted by Gasteiger charge is 2.18. The Morgan fingerprint density at radius 3 is 3.00 bits per heavy atom. The van der Waals surface area contributed by atoms with Gasteiger partial charge in [-0.1, -0.05) is 0 Å². The third kappa shape index (κ3) is 2.70. The first kappa shape index (κ1) is 9.44. The van der Waals surface area contributed by atoms with Gasteiger partial charge < -0.3 is 14.3 Å². The van der Waals surface area contributed by atoms with Crippen LogP contribution < -0.4 is 0 Å². The number of oxazole rings is 1. The second-order valence-electron chi connectivity index (χ2n) is 2.62. The Morgan fingerprint density at radius 2 is 2.54 bits per heavy atom. The smallest absolute Gasteiger partial charge is 0.307 e. The van der Waals surface area contributed by atoms with Crippen molar-refractivity contribution in [1.29, 1.82) is 0 Å². The maximum absolute atomic E-state index is 10.6. The molecule has 0 aliphatic carbocycles. The topological polar surface area (TPSA) is 80.4 Å². The molecule has 0 radical (unpaired) electrons. The summed E-state index contributed by atoms with van der Waals surface area (Å²) in [5.74, 6) is -1.70. The maximum atomic E-state index is 10.6. The first-order chi connectivity index (χ1) is 6.24. The van der Waals surface area contributed by atoms with Crippen molar-refractivity contribution in [3.8, 4) is 0 Å². The van der Waals surface area contributed by atoms with Crippen molar-refractivity contribution in [3.05, 3.63) is 18.4 Å². The molecule has 0 fully saturated rings. The number of carbonyl (C=O) groups is 2. The van der Waals surface area contributed by atoms with Crippen molar-refractivity contribution in [2.75, 3.05) is 0 Å². The Bertz CT molecular complexity index is 280. The molecule has 0 aliphatic heterocycles. The molecule has 1 N–H and O–H groups in total. The molecule has 0 aromatic carbocycles. The molecule has 5 nitrogen and oxygen atoms in total. The minimum Gasteiger partial charge on any atom is -0.481 e. The monoisotopic (exact) mass is 183 g/mol. The zero-order chi connectivity index (χ0) is 9.68. The zero-order valence-corrected chi connectivity index (χ0v) is 6.84. The Hall–Kier alpha value is -1.65. The van der Waals surface area contributed by atoms with Crippen molar-refractivity contribution in [3.63, 3.8) is 0 Å². The van der Waals surface area contributed by atoms with Crippen molar-refractivity contribution in [2.45, 2.75) is 12.8 Å². The molecule has 0 bridgehead atoms. The van der Waals surface area contributed by atoms with Gasteiger partial charge in [0, 0.05) is 12.8 Å². The Morgan fingerprint density at radius 1 is 1.77 bits per heavy atom. The van der Waals surface area contributed by atoms with Crippen LogP contribution in [0.2, 0.25) is 0 Å². The molecule has 0 saturated heterocycles. The van der Waals surface area contributed by atoms with Gasteiger partial charge in [0.25, 0.3) is 0 Å². The quantitative estimate of drug-likeness (QED) is 0.672. The van der Waals surface area contributed by atoms with Gasteiger partial charge in [0.1, 0.15) is 12.5 Å². The number of carbonyl (C=O) groups excluding carboxylic acids is 1. The fraction of sp³-hybridized carbons (Fsp3) is 0.375. The Kier molecular flexibility index (Phi) is 3.19. The summed E-state index contributed by atoms with van der Waals surface area (Å²) in [5.41, 5.74) is 0.550. The lowest BCUT2D eigenvalue weighted by molar-refractivity contribution is -0.142. The molecule has 0 spiro atoms. The second-order valence-corrected chi connectivity index (χ2v) is 2.62. The second kappa shape index (κ2) is 4.39. The minimum atomic E-state index is -0.991. The Balaban J connectivity index is 2.57. The molecule has 1 unspecified atom stereocenters. The molecule has 13 heavy (non-hydrogen) atoms. The third-order valence-electron chi connectivity index (χ3n) is 1.67. The Labute approximate surface area is 74.4 Å². The summed E-state index contributed by atoms with van der Waals surface area (Å²) in [7, 11) is 0. The molecular weight excluding hydrogens is 174 g/mol. The maximum Gasteiger partial charge on any atom is 0.307 e. The van der Waals surface area contributed by atoms with E-state index in [1.165, 1.54) is 12.7 Å². The highest BCUT2D eigenvalue weighted by Crippen LogP contribution is 2.09. The van der Waals surface area contributed by atoms with Crippen LogP contribution >= 0.6 is 0 Å². The van der Waals surface area contributed by atoms with Crippen LogP contribution in [0.15, 0.2) is 17.1 Å². The predicted octanol–water partition coefficient (Wildman–Crippen LogP) is 0.507. The summed E-state index contributed by atoms with van der Waals surface area (Å²) in [4.78, 5) is 24.5. The van der Waals surface area contributed by atoms with E-state index in [0.29, 0.717) is 12.0 Å². The summed E-state index contributed by atoms with van der Waals surface area (Å²) in [6, 6.07) is 0. The zero-order valence-electron chi connectivity index (χ0n) is 6.84. The number of carboxylic acid groups (broad SMARTS) is 1. The van der Waals surface area contributed by atoms with Crippen LogP contribution in [0.1, 0.15) is 12.1 Å². The number of aliphatic carboxylic acids is 1. The van der Waals surface area contributed by atoms with E-state index in [1.54, 1.807) is 0 Å². The van der Waals surface area contributed by atoms with Crippen LogP contribution in [0.3, 0.4) is 0 Å². The number of aldehydes is 1. The average Bonchev–Trinajstić information content (AvgIpc) is 2.56. The van der Waals surface area contributed by atoms with Gasteiger partial charge in [0.15, 0.2) is 6.39 Å². The van der Waals surface area contributed by atoms with Crippen molar-refractivity contribution in [1.82, 2.24) is 4.98 Å². The first-order valence-electron chi connectivity index (χ1n) is 3.77. The number of hydrogen-bond donors (Lipinski definition) is 1. The number of nitrogens with zero attached hydrogens (tertiary/aromatic N) is 1. The van der Waals surface area contributed by atoms with E-state index in [-0.39, 0.29) is 12.8 Å². The lowest BCUT2D eigenvalue weighted by atomic mass is 10.0. The van der Waals surface area contributed by atoms with Gasteiger partial charge in [-0.25, -0.2) is 4.98 Å². The number of carboxylic acids is 1. The van der Waals surface area contributed by atoms with E-state index in [4.69, 9.17) is 5.11 Å². The van der Waals surface area contributed by atoms with Crippen LogP contribution in [-0.2, 0) is 16.0 Å². The molecule has 0 saturated carbocycles. The summed E-state index contributed by atoms with van der Waals surface area (Å²) in [6.07, 6.45) is 3.43.